The number of methoxy groups -OCH3 is 1. The molecule has 0 aliphatic rings. The molecule has 10 heteroatoms. The number of allylic oxidation sites excluding steroid dienone is 1. The predicted molar refractivity (Wildman–Crippen MR) is 40.2 cm³/mol. The predicted octanol–water partition coefficient (Wildman–Crippen LogP) is 1.83. The van der Waals surface area contributed by atoms with Gasteiger partial charge in [0.2, 0.25) is 0 Å². The molecule has 0 atom stereocenters. The number of carbonyl (C=O) groups is 1. The van der Waals surface area contributed by atoms with E-state index >= 15 is 0 Å². The molecular formula is C7H6F7NO2. The summed E-state index contributed by atoms with van der Waals surface area (Å²) in [6.07, 6.45) is -6.86. The molecule has 2 N–H and O–H groups in total. The van der Waals surface area contributed by atoms with Crippen molar-refractivity contribution in [3.8, 4) is 0 Å². The Labute approximate surface area is 90.0 Å². The Morgan fingerprint density at radius 1 is 1.12 bits per heavy atom. The van der Waals surface area contributed by atoms with E-state index in [0.29, 0.717) is 7.11 Å². The SMILES string of the molecule is COC(=O)/C=C(\N)C(F)(F)C(F)(F)C(F)(F)F. The fraction of sp³-hybridized carbons (Fsp3) is 0.571. The van der Waals surface area contributed by atoms with Crippen molar-refractivity contribution in [2.24, 2.45) is 5.73 Å². The Morgan fingerprint density at radius 3 is 1.82 bits per heavy atom. The van der Waals surface area contributed by atoms with Gasteiger partial charge in [-0.3, -0.25) is 0 Å². The van der Waals surface area contributed by atoms with Gasteiger partial charge in [-0.25, -0.2) is 4.79 Å². The second-order valence-corrected chi connectivity index (χ2v) is 2.77. The average Bonchev–Trinajstić information content (AvgIpc) is 2.15. The van der Waals surface area contributed by atoms with Crippen LogP contribution in [0.25, 0.3) is 0 Å². The van der Waals surface area contributed by atoms with Gasteiger partial charge in [-0.2, -0.15) is 30.7 Å². The molecule has 0 aliphatic carbocycles. The minimum atomic E-state index is -6.51. The highest BCUT2D eigenvalue weighted by Crippen LogP contribution is 2.48. The van der Waals surface area contributed by atoms with Gasteiger partial charge in [0.25, 0.3) is 0 Å². The highest BCUT2D eigenvalue weighted by Gasteiger charge is 2.74. The number of carbonyl (C=O) groups excluding carboxylic acids is 1. The molecule has 0 rings (SSSR count). The summed E-state index contributed by atoms with van der Waals surface area (Å²) in [4.78, 5) is 10.4. The van der Waals surface area contributed by atoms with Crippen molar-refractivity contribution in [2.45, 2.75) is 18.0 Å². The highest BCUT2D eigenvalue weighted by molar-refractivity contribution is 5.82. The van der Waals surface area contributed by atoms with Crippen LogP contribution in [0.4, 0.5) is 30.7 Å². The lowest BCUT2D eigenvalue weighted by molar-refractivity contribution is -0.344. The molecule has 0 radical (unpaired) electrons. The Hall–Kier alpha value is -1.48. The monoisotopic (exact) mass is 269 g/mol. The van der Waals surface area contributed by atoms with Gasteiger partial charge in [-0.1, -0.05) is 0 Å². The molecule has 0 unspecified atom stereocenters. The quantitative estimate of drug-likeness (QED) is 0.483. The van der Waals surface area contributed by atoms with Crippen LogP contribution in [0.15, 0.2) is 11.8 Å². The van der Waals surface area contributed by atoms with E-state index in [1.54, 1.807) is 0 Å². The van der Waals surface area contributed by atoms with Gasteiger partial charge in [0.05, 0.1) is 12.8 Å². The molecule has 0 heterocycles. The summed E-state index contributed by atoms with van der Waals surface area (Å²) in [6.45, 7) is 0. The molecule has 3 nitrogen and oxygen atoms in total. The van der Waals surface area contributed by atoms with Gasteiger partial charge in [-0.15, -0.1) is 0 Å². The zero-order valence-electron chi connectivity index (χ0n) is 8.12. The number of alkyl halides is 7. The van der Waals surface area contributed by atoms with E-state index < -0.39 is 29.7 Å². The number of halogens is 7. The van der Waals surface area contributed by atoms with Gasteiger partial charge >= 0.3 is 24.0 Å². The van der Waals surface area contributed by atoms with Gasteiger partial charge < -0.3 is 10.5 Å². The van der Waals surface area contributed by atoms with Gasteiger partial charge in [0.1, 0.15) is 0 Å². The first-order valence-corrected chi connectivity index (χ1v) is 3.76. The van der Waals surface area contributed by atoms with Crippen molar-refractivity contribution < 1.29 is 40.3 Å². The van der Waals surface area contributed by atoms with Crippen LogP contribution < -0.4 is 5.73 Å². The molecular weight excluding hydrogens is 263 g/mol. The van der Waals surface area contributed by atoms with Gasteiger partial charge in [-0.05, 0) is 0 Å². The number of hydrogen-bond acceptors (Lipinski definition) is 3. The lowest BCUT2D eigenvalue weighted by Gasteiger charge is -2.28. The molecule has 0 amide bonds. The fourth-order valence-corrected chi connectivity index (χ4v) is 0.636. The third-order valence-corrected chi connectivity index (χ3v) is 1.59. The average molecular weight is 269 g/mol. The Kier molecular flexibility index (Phi) is 4.03. The standard InChI is InChI=1S/C7H6F7NO2/c1-17-4(16)2-3(15)5(8,9)6(10,11)7(12,13)14/h2H,15H2,1H3/b3-2-. The highest BCUT2D eigenvalue weighted by atomic mass is 19.4. The molecule has 0 fully saturated rings. The van der Waals surface area contributed by atoms with E-state index in [2.05, 4.69) is 10.5 Å². The first-order chi connectivity index (χ1) is 7.38. The van der Waals surface area contributed by atoms with Gasteiger partial charge in [0.15, 0.2) is 0 Å². The molecule has 100 valence electrons. The number of nitrogens with two attached hydrogens (primary N) is 1. The van der Waals surface area contributed by atoms with Gasteiger partial charge in [0, 0.05) is 6.08 Å². The van der Waals surface area contributed by atoms with Crippen LogP contribution in [0.5, 0.6) is 0 Å². The first-order valence-electron chi connectivity index (χ1n) is 3.76. The summed E-state index contributed by atoms with van der Waals surface area (Å²) in [5.74, 6) is -13.7. The smallest absolute Gasteiger partial charge is 0.460 e. The number of esters is 1. The number of rotatable bonds is 3. The third-order valence-electron chi connectivity index (χ3n) is 1.59. The normalized spacial score (nSPS) is 14.7. The van der Waals surface area contributed by atoms with Crippen molar-refractivity contribution >= 4 is 5.97 Å². The summed E-state index contributed by atoms with van der Waals surface area (Å²) >= 11 is 0. The maximum atomic E-state index is 12.7. The van der Waals surface area contributed by atoms with Crippen molar-refractivity contribution in [1.29, 1.82) is 0 Å². The molecule has 17 heavy (non-hydrogen) atoms. The topological polar surface area (TPSA) is 52.3 Å². The molecule has 0 bridgehead atoms. The molecule has 0 aliphatic heterocycles. The zero-order chi connectivity index (χ0) is 14.1. The number of hydrogen-bond donors (Lipinski definition) is 1. The van der Waals surface area contributed by atoms with E-state index in [-0.39, 0.29) is 6.08 Å². The Morgan fingerprint density at radius 2 is 1.53 bits per heavy atom. The summed E-state index contributed by atoms with van der Waals surface area (Å²) in [7, 11) is 0.701. The first kappa shape index (κ1) is 15.5. The molecule has 0 spiro atoms. The van der Waals surface area contributed by atoms with Crippen molar-refractivity contribution in [3.05, 3.63) is 11.8 Å². The van der Waals surface area contributed by atoms with E-state index in [0.717, 1.165) is 0 Å². The van der Waals surface area contributed by atoms with Crippen molar-refractivity contribution in [3.63, 3.8) is 0 Å². The van der Waals surface area contributed by atoms with Crippen LogP contribution in [-0.4, -0.2) is 31.1 Å². The fourth-order valence-electron chi connectivity index (χ4n) is 0.636. The van der Waals surface area contributed by atoms with Crippen molar-refractivity contribution in [1.82, 2.24) is 0 Å². The molecule has 0 aromatic heterocycles. The second kappa shape index (κ2) is 4.41. The maximum Gasteiger partial charge on any atom is 0.460 e. The largest absolute Gasteiger partial charge is 0.466 e. The Balaban J connectivity index is 5.42. The van der Waals surface area contributed by atoms with Crippen LogP contribution in [0.1, 0.15) is 0 Å². The third kappa shape index (κ3) is 2.80. The van der Waals surface area contributed by atoms with E-state index in [1.165, 1.54) is 0 Å². The molecule has 0 aromatic carbocycles. The molecule has 0 saturated carbocycles. The van der Waals surface area contributed by atoms with Crippen molar-refractivity contribution in [2.75, 3.05) is 7.11 Å². The summed E-state index contributed by atoms with van der Waals surface area (Å²) in [5.41, 5.74) is 2.10. The zero-order valence-corrected chi connectivity index (χ0v) is 8.12. The van der Waals surface area contributed by atoms with E-state index in [9.17, 15) is 35.5 Å². The molecule has 0 aromatic rings. The number of ether oxygens (including phenoxy) is 1. The minimum absolute atomic E-state index is 0.348. The second-order valence-electron chi connectivity index (χ2n) is 2.77. The summed E-state index contributed by atoms with van der Waals surface area (Å²) in [5, 5.41) is 0. The molecule has 0 saturated heterocycles. The minimum Gasteiger partial charge on any atom is -0.466 e. The van der Waals surface area contributed by atoms with Crippen LogP contribution in [-0.2, 0) is 9.53 Å². The lowest BCUT2D eigenvalue weighted by atomic mass is 10.1. The van der Waals surface area contributed by atoms with E-state index in [4.69, 9.17) is 0 Å². The van der Waals surface area contributed by atoms with Crippen LogP contribution in [0, 0.1) is 0 Å². The van der Waals surface area contributed by atoms with E-state index in [1.807, 2.05) is 0 Å². The summed E-state index contributed by atoms with van der Waals surface area (Å²) in [6, 6.07) is 0. The summed E-state index contributed by atoms with van der Waals surface area (Å²) < 4.78 is 89.0. The maximum absolute atomic E-state index is 12.7. The Bertz CT molecular complexity index is 334. The van der Waals surface area contributed by atoms with Crippen LogP contribution in [0.2, 0.25) is 0 Å². The van der Waals surface area contributed by atoms with Crippen LogP contribution in [0.3, 0.4) is 0 Å². The lowest BCUT2D eigenvalue weighted by Crippen LogP contribution is -2.54. The van der Waals surface area contributed by atoms with Crippen LogP contribution >= 0.6 is 0 Å².